The van der Waals surface area contributed by atoms with E-state index >= 15 is 0 Å². The lowest BCUT2D eigenvalue weighted by atomic mass is 10.3. The summed E-state index contributed by atoms with van der Waals surface area (Å²) in [6, 6.07) is 7.24. The zero-order valence-electron chi connectivity index (χ0n) is 10.8. The van der Waals surface area contributed by atoms with Crippen LogP contribution in [0.15, 0.2) is 24.3 Å². The molecular formula is C13H20N2O2. The molecular weight excluding hydrogens is 216 g/mol. The highest BCUT2D eigenvalue weighted by molar-refractivity contribution is 5.89. The van der Waals surface area contributed by atoms with Crippen LogP contribution in [0.2, 0.25) is 0 Å². The van der Waals surface area contributed by atoms with Crippen LogP contribution in [0.1, 0.15) is 27.7 Å². The number of benzene rings is 1. The van der Waals surface area contributed by atoms with Crippen LogP contribution in [0.4, 0.5) is 10.5 Å². The fourth-order valence-electron chi connectivity index (χ4n) is 1.32. The van der Waals surface area contributed by atoms with Crippen molar-refractivity contribution in [3.05, 3.63) is 24.3 Å². The number of nitrogens with one attached hydrogen (secondary N) is 2. The molecule has 0 aromatic heterocycles. The molecule has 17 heavy (non-hydrogen) atoms. The third-order valence-electron chi connectivity index (χ3n) is 1.90. The fraction of sp³-hybridized carbons (Fsp3) is 0.462. The van der Waals surface area contributed by atoms with Gasteiger partial charge in [0, 0.05) is 11.7 Å². The third kappa shape index (κ3) is 5.24. The molecule has 0 bridgehead atoms. The lowest BCUT2D eigenvalue weighted by molar-refractivity contribution is 0.242. The summed E-state index contributed by atoms with van der Waals surface area (Å²) in [5, 5.41) is 5.50. The van der Waals surface area contributed by atoms with E-state index in [0.717, 1.165) is 11.4 Å². The van der Waals surface area contributed by atoms with Crippen LogP contribution in [0.3, 0.4) is 0 Å². The number of carbonyl (C=O) groups excluding carboxylic acids is 1. The molecule has 1 rings (SSSR count). The van der Waals surface area contributed by atoms with Gasteiger partial charge in [-0.1, -0.05) is 0 Å². The van der Waals surface area contributed by atoms with Crippen LogP contribution in [-0.4, -0.2) is 18.2 Å². The molecule has 1 aromatic carbocycles. The number of anilines is 1. The summed E-state index contributed by atoms with van der Waals surface area (Å²) >= 11 is 0. The zero-order chi connectivity index (χ0) is 12.8. The van der Waals surface area contributed by atoms with Crippen molar-refractivity contribution < 1.29 is 9.53 Å². The molecule has 2 N–H and O–H groups in total. The SMILES string of the molecule is CC(C)NC(=O)Nc1ccc(OC(C)C)cc1. The Morgan fingerprint density at radius 2 is 1.71 bits per heavy atom. The number of amides is 2. The van der Waals surface area contributed by atoms with Gasteiger partial charge in [0.25, 0.3) is 0 Å². The van der Waals surface area contributed by atoms with Crippen molar-refractivity contribution in [3.63, 3.8) is 0 Å². The van der Waals surface area contributed by atoms with E-state index < -0.39 is 0 Å². The minimum atomic E-state index is -0.197. The normalized spacial score (nSPS) is 10.5. The van der Waals surface area contributed by atoms with Crippen molar-refractivity contribution in [1.82, 2.24) is 5.32 Å². The van der Waals surface area contributed by atoms with Gasteiger partial charge in [-0.3, -0.25) is 0 Å². The van der Waals surface area contributed by atoms with Crippen molar-refractivity contribution in [3.8, 4) is 5.75 Å². The molecule has 0 radical (unpaired) electrons. The molecule has 4 heteroatoms. The van der Waals surface area contributed by atoms with Crippen molar-refractivity contribution in [2.24, 2.45) is 0 Å². The molecule has 0 fully saturated rings. The molecule has 1 aromatic rings. The van der Waals surface area contributed by atoms with E-state index in [4.69, 9.17) is 4.74 Å². The van der Waals surface area contributed by atoms with Gasteiger partial charge in [-0.25, -0.2) is 4.79 Å². The Balaban J connectivity index is 2.53. The molecule has 0 unspecified atom stereocenters. The van der Waals surface area contributed by atoms with Crippen molar-refractivity contribution in [2.45, 2.75) is 39.8 Å². The van der Waals surface area contributed by atoms with Gasteiger partial charge in [-0.15, -0.1) is 0 Å². The van der Waals surface area contributed by atoms with Gasteiger partial charge >= 0.3 is 6.03 Å². The molecule has 4 nitrogen and oxygen atoms in total. The number of hydrogen-bond acceptors (Lipinski definition) is 2. The van der Waals surface area contributed by atoms with Crippen LogP contribution in [0, 0.1) is 0 Å². The van der Waals surface area contributed by atoms with Gasteiger partial charge in [-0.05, 0) is 52.0 Å². The smallest absolute Gasteiger partial charge is 0.319 e. The fourth-order valence-corrected chi connectivity index (χ4v) is 1.32. The number of rotatable bonds is 4. The highest BCUT2D eigenvalue weighted by Gasteiger charge is 2.03. The second-order valence-electron chi connectivity index (χ2n) is 4.44. The first kappa shape index (κ1) is 13.4. The van der Waals surface area contributed by atoms with E-state index in [1.807, 2.05) is 52.0 Å². The van der Waals surface area contributed by atoms with E-state index in [2.05, 4.69) is 10.6 Å². The van der Waals surface area contributed by atoms with Crippen LogP contribution < -0.4 is 15.4 Å². The lowest BCUT2D eigenvalue weighted by Gasteiger charge is -2.12. The minimum Gasteiger partial charge on any atom is -0.491 e. The maximum absolute atomic E-state index is 11.4. The highest BCUT2D eigenvalue weighted by atomic mass is 16.5. The molecule has 0 aliphatic carbocycles. The van der Waals surface area contributed by atoms with Gasteiger partial charge in [0.05, 0.1) is 6.10 Å². The average Bonchev–Trinajstić information content (AvgIpc) is 2.18. The molecule has 0 heterocycles. The maximum Gasteiger partial charge on any atom is 0.319 e. The van der Waals surface area contributed by atoms with E-state index in [-0.39, 0.29) is 18.2 Å². The zero-order valence-corrected chi connectivity index (χ0v) is 10.8. The predicted octanol–water partition coefficient (Wildman–Crippen LogP) is 3.00. The molecule has 0 spiro atoms. The van der Waals surface area contributed by atoms with Crippen LogP contribution in [0.5, 0.6) is 5.75 Å². The molecule has 0 saturated carbocycles. The van der Waals surface area contributed by atoms with Crippen LogP contribution in [-0.2, 0) is 0 Å². The molecule has 2 amide bonds. The van der Waals surface area contributed by atoms with Gasteiger partial charge in [0.15, 0.2) is 0 Å². The quantitative estimate of drug-likeness (QED) is 0.844. The monoisotopic (exact) mass is 236 g/mol. The summed E-state index contributed by atoms with van der Waals surface area (Å²) in [6.07, 6.45) is 0.151. The molecule has 0 saturated heterocycles. The number of ether oxygens (including phenoxy) is 1. The first-order chi connectivity index (χ1) is 7.97. The highest BCUT2D eigenvalue weighted by Crippen LogP contribution is 2.16. The summed E-state index contributed by atoms with van der Waals surface area (Å²) in [4.78, 5) is 11.4. The van der Waals surface area contributed by atoms with Gasteiger partial charge in [0.2, 0.25) is 0 Å². The molecule has 94 valence electrons. The van der Waals surface area contributed by atoms with Crippen molar-refractivity contribution >= 4 is 11.7 Å². The number of hydrogen-bond donors (Lipinski definition) is 2. The molecule has 0 aliphatic heterocycles. The van der Waals surface area contributed by atoms with Gasteiger partial charge in [0.1, 0.15) is 5.75 Å². The Bertz CT molecular complexity index is 358. The second kappa shape index (κ2) is 6.13. The summed E-state index contributed by atoms with van der Waals surface area (Å²) in [5.41, 5.74) is 0.749. The van der Waals surface area contributed by atoms with Crippen molar-refractivity contribution in [1.29, 1.82) is 0 Å². The van der Waals surface area contributed by atoms with E-state index in [1.165, 1.54) is 0 Å². The van der Waals surface area contributed by atoms with E-state index in [1.54, 1.807) is 0 Å². The number of urea groups is 1. The predicted molar refractivity (Wildman–Crippen MR) is 69.5 cm³/mol. The maximum atomic E-state index is 11.4. The Labute approximate surface area is 102 Å². The van der Waals surface area contributed by atoms with Gasteiger partial charge < -0.3 is 15.4 Å². The third-order valence-corrected chi connectivity index (χ3v) is 1.90. The van der Waals surface area contributed by atoms with Crippen LogP contribution in [0.25, 0.3) is 0 Å². The summed E-state index contributed by atoms with van der Waals surface area (Å²) < 4.78 is 5.51. The topological polar surface area (TPSA) is 50.4 Å². The summed E-state index contributed by atoms with van der Waals surface area (Å²) in [6.45, 7) is 7.78. The van der Waals surface area contributed by atoms with E-state index in [0.29, 0.717) is 0 Å². The Morgan fingerprint density at radius 3 is 2.18 bits per heavy atom. The first-order valence-corrected chi connectivity index (χ1v) is 5.81. The van der Waals surface area contributed by atoms with E-state index in [9.17, 15) is 4.79 Å². The summed E-state index contributed by atoms with van der Waals surface area (Å²) in [5.74, 6) is 0.801. The lowest BCUT2D eigenvalue weighted by Crippen LogP contribution is -2.34. The Kier molecular flexibility index (Phi) is 4.82. The first-order valence-electron chi connectivity index (χ1n) is 5.81. The largest absolute Gasteiger partial charge is 0.491 e. The number of carbonyl (C=O) groups is 1. The van der Waals surface area contributed by atoms with Crippen molar-refractivity contribution in [2.75, 3.05) is 5.32 Å². The van der Waals surface area contributed by atoms with Crippen LogP contribution >= 0.6 is 0 Å². The Hall–Kier alpha value is -1.71. The average molecular weight is 236 g/mol. The molecule has 0 atom stereocenters. The second-order valence-corrected chi connectivity index (χ2v) is 4.44. The Morgan fingerprint density at radius 1 is 1.12 bits per heavy atom. The summed E-state index contributed by atoms with van der Waals surface area (Å²) in [7, 11) is 0. The minimum absolute atomic E-state index is 0.124. The standard InChI is InChI=1S/C13H20N2O2/c1-9(2)14-13(16)15-11-5-7-12(8-6-11)17-10(3)4/h5-10H,1-4H3,(H2,14,15,16). The molecule has 0 aliphatic rings. The van der Waals surface area contributed by atoms with Gasteiger partial charge in [-0.2, -0.15) is 0 Å².